The molecule has 0 saturated carbocycles. The number of hydrogen-bond acceptors (Lipinski definition) is 6. The summed E-state index contributed by atoms with van der Waals surface area (Å²) in [7, 11) is 0. The van der Waals surface area contributed by atoms with Gasteiger partial charge in [-0.05, 0) is 25.2 Å². The minimum atomic E-state index is -0.759. The van der Waals surface area contributed by atoms with Crippen LogP contribution in [0.2, 0.25) is 0 Å². The summed E-state index contributed by atoms with van der Waals surface area (Å²) in [6.45, 7) is 8.97. The monoisotopic (exact) mass is 779 g/mol. The minimum absolute atomic E-state index is 0.0638. The Hall–Kier alpha value is -1.59. The second kappa shape index (κ2) is 43.5. The minimum Gasteiger partial charge on any atom is -0.462 e. The first kappa shape index (κ1) is 53.4. The molecule has 0 fully saturated rings. The Bertz CT molecular complexity index is 826. The van der Waals surface area contributed by atoms with Gasteiger partial charge in [0.05, 0.1) is 0 Å². The second-order valence-electron chi connectivity index (χ2n) is 17.2. The fourth-order valence-electron chi connectivity index (χ4n) is 7.33. The molecule has 0 aliphatic carbocycles. The number of ether oxygens (including phenoxy) is 3. The summed E-state index contributed by atoms with van der Waals surface area (Å²) in [4.78, 5) is 37.7. The highest BCUT2D eigenvalue weighted by Crippen LogP contribution is 2.17. The van der Waals surface area contributed by atoms with Crippen LogP contribution in [0.1, 0.15) is 272 Å². The van der Waals surface area contributed by atoms with Crippen molar-refractivity contribution < 1.29 is 28.6 Å². The lowest BCUT2D eigenvalue weighted by atomic mass is 10.0. The molecule has 0 amide bonds. The third-order valence-corrected chi connectivity index (χ3v) is 11.0. The van der Waals surface area contributed by atoms with E-state index in [-0.39, 0.29) is 31.1 Å². The number of esters is 3. The molecule has 0 aliphatic rings. The predicted molar refractivity (Wildman–Crippen MR) is 233 cm³/mol. The fraction of sp³-hybridized carbons (Fsp3) is 0.939. The standard InChI is InChI=1S/C49H94O6/c1-5-7-9-11-13-14-15-16-17-18-19-22-26-30-34-38-42-49(52)55-46(43-53-47(50)40-36-32-27-12-10-8-6-2)44-54-48(51)41-37-33-29-25-23-20-21-24-28-31-35-39-45(3)4/h45-46H,5-44H2,1-4H3/t46-/m1/s1. The first-order valence-corrected chi connectivity index (χ1v) is 24.4. The average molecular weight is 779 g/mol. The molecule has 55 heavy (non-hydrogen) atoms. The maximum atomic E-state index is 12.7. The van der Waals surface area contributed by atoms with Crippen molar-refractivity contribution in [3.63, 3.8) is 0 Å². The van der Waals surface area contributed by atoms with Gasteiger partial charge in [-0.2, -0.15) is 0 Å². The number of carbonyl (C=O) groups excluding carboxylic acids is 3. The molecule has 0 N–H and O–H groups in total. The summed E-state index contributed by atoms with van der Waals surface area (Å²) in [5.41, 5.74) is 0. The van der Waals surface area contributed by atoms with Gasteiger partial charge in [-0.3, -0.25) is 14.4 Å². The van der Waals surface area contributed by atoms with E-state index in [1.807, 2.05) is 0 Å². The third kappa shape index (κ3) is 43.4. The first-order valence-electron chi connectivity index (χ1n) is 24.4. The fourth-order valence-corrected chi connectivity index (χ4v) is 7.33. The Morgan fingerprint density at radius 1 is 0.345 bits per heavy atom. The molecule has 6 heteroatoms. The van der Waals surface area contributed by atoms with Crippen molar-refractivity contribution >= 4 is 17.9 Å². The molecule has 0 aromatic rings. The molecule has 0 rings (SSSR count). The summed E-state index contributed by atoms with van der Waals surface area (Å²) in [6.07, 6.45) is 43.8. The second-order valence-corrected chi connectivity index (χ2v) is 17.2. The van der Waals surface area contributed by atoms with E-state index >= 15 is 0 Å². The van der Waals surface area contributed by atoms with E-state index in [4.69, 9.17) is 14.2 Å². The Labute approximate surface area is 342 Å². The molecule has 0 aromatic carbocycles. The Morgan fingerprint density at radius 3 is 0.891 bits per heavy atom. The van der Waals surface area contributed by atoms with Crippen molar-refractivity contribution in [2.24, 2.45) is 5.92 Å². The van der Waals surface area contributed by atoms with Crippen molar-refractivity contribution in [1.29, 1.82) is 0 Å². The molecule has 0 aliphatic heterocycles. The van der Waals surface area contributed by atoms with E-state index < -0.39 is 6.10 Å². The molecule has 0 radical (unpaired) electrons. The van der Waals surface area contributed by atoms with Gasteiger partial charge in [0.25, 0.3) is 0 Å². The first-order chi connectivity index (χ1) is 26.9. The highest BCUT2D eigenvalue weighted by atomic mass is 16.6. The summed E-state index contributed by atoms with van der Waals surface area (Å²) in [5, 5.41) is 0. The van der Waals surface area contributed by atoms with Crippen LogP contribution in [-0.2, 0) is 28.6 Å². The van der Waals surface area contributed by atoms with Gasteiger partial charge in [0.2, 0.25) is 0 Å². The lowest BCUT2D eigenvalue weighted by molar-refractivity contribution is -0.167. The number of rotatable bonds is 44. The van der Waals surface area contributed by atoms with Crippen molar-refractivity contribution in [2.75, 3.05) is 13.2 Å². The van der Waals surface area contributed by atoms with Gasteiger partial charge in [0, 0.05) is 19.3 Å². The number of unbranched alkanes of at least 4 members (excludes halogenated alkanes) is 31. The average Bonchev–Trinajstić information content (AvgIpc) is 3.17. The largest absolute Gasteiger partial charge is 0.462 e. The molecule has 1 atom stereocenters. The third-order valence-electron chi connectivity index (χ3n) is 11.0. The zero-order chi connectivity index (χ0) is 40.3. The molecule has 0 aromatic heterocycles. The topological polar surface area (TPSA) is 78.9 Å². The molecule has 0 unspecified atom stereocenters. The maximum absolute atomic E-state index is 12.7. The number of carbonyl (C=O) groups is 3. The zero-order valence-corrected chi connectivity index (χ0v) is 37.4. The normalized spacial score (nSPS) is 11.9. The molecule has 6 nitrogen and oxygen atoms in total. The van der Waals surface area contributed by atoms with Crippen LogP contribution >= 0.6 is 0 Å². The van der Waals surface area contributed by atoms with Crippen molar-refractivity contribution in [2.45, 2.75) is 278 Å². The molecular weight excluding hydrogens is 685 g/mol. The Kier molecular flexibility index (Phi) is 42.3. The maximum Gasteiger partial charge on any atom is 0.306 e. The number of hydrogen-bond donors (Lipinski definition) is 0. The Balaban J connectivity index is 4.23. The predicted octanol–water partition coefficient (Wildman–Crippen LogP) is 15.5. The molecule has 326 valence electrons. The van der Waals surface area contributed by atoms with Gasteiger partial charge in [0.1, 0.15) is 13.2 Å². The molecule has 0 spiro atoms. The van der Waals surface area contributed by atoms with E-state index in [1.165, 1.54) is 167 Å². The van der Waals surface area contributed by atoms with Gasteiger partial charge < -0.3 is 14.2 Å². The van der Waals surface area contributed by atoms with Crippen LogP contribution in [0.5, 0.6) is 0 Å². The van der Waals surface area contributed by atoms with Gasteiger partial charge in [-0.15, -0.1) is 0 Å². The van der Waals surface area contributed by atoms with E-state index in [0.717, 1.165) is 63.7 Å². The lowest BCUT2D eigenvalue weighted by Gasteiger charge is -2.18. The van der Waals surface area contributed by atoms with E-state index in [9.17, 15) is 14.4 Å². The summed E-state index contributed by atoms with van der Waals surface area (Å²) < 4.78 is 16.7. The lowest BCUT2D eigenvalue weighted by Crippen LogP contribution is -2.30. The smallest absolute Gasteiger partial charge is 0.306 e. The van der Waals surface area contributed by atoms with Crippen LogP contribution in [0.25, 0.3) is 0 Å². The van der Waals surface area contributed by atoms with Crippen molar-refractivity contribution in [1.82, 2.24) is 0 Å². The molecule has 0 heterocycles. The highest BCUT2D eigenvalue weighted by molar-refractivity contribution is 5.71. The van der Waals surface area contributed by atoms with Crippen LogP contribution in [0, 0.1) is 5.92 Å². The van der Waals surface area contributed by atoms with Crippen LogP contribution in [-0.4, -0.2) is 37.2 Å². The van der Waals surface area contributed by atoms with Gasteiger partial charge >= 0.3 is 17.9 Å². The van der Waals surface area contributed by atoms with E-state index in [1.54, 1.807) is 0 Å². The van der Waals surface area contributed by atoms with Crippen LogP contribution in [0.4, 0.5) is 0 Å². The van der Waals surface area contributed by atoms with E-state index in [2.05, 4.69) is 27.7 Å². The van der Waals surface area contributed by atoms with E-state index in [0.29, 0.717) is 19.3 Å². The molecule has 0 bridgehead atoms. The van der Waals surface area contributed by atoms with Crippen molar-refractivity contribution in [3.05, 3.63) is 0 Å². The summed E-state index contributed by atoms with van der Waals surface area (Å²) in [5.74, 6) is -0.0285. The van der Waals surface area contributed by atoms with Crippen LogP contribution < -0.4 is 0 Å². The van der Waals surface area contributed by atoms with Crippen molar-refractivity contribution in [3.8, 4) is 0 Å². The summed E-state index contributed by atoms with van der Waals surface area (Å²) >= 11 is 0. The zero-order valence-electron chi connectivity index (χ0n) is 37.4. The van der Waals surface area contributed by atoms with Gasteiger partial charge in [-0.25, -0.2) is 0 Å². The van der Waals surface area contributed by atoms with Crippen LogP contribution in [0.3, 0.4) is 0 Å². The van der Waals surface area contributed by atoms with Gasteiger partial charge in [0.15, 0.2) is 6.10 Å². The Morgan fingerprint density at radius 2 is 0.600 bits per heavy atom. The molecule has 0 saturated heterocycles. The quantitative estimate of drug-likeness (QED) is 0.0348. The SMILES string of the molecule is CCCCCCCCCCCCCCCCCCC(=O)O[C@H](COC(=O)CCCCCCCCC)COC(=O)CCCCCCCCCCCCCC(C)C. The van der Waals surface area contributed by atoms with Gasteiger partial charge in [-0.1, -0.05) is 233 Å². The van der Waals surface area contributed by atoms with Crippen LogP contribution in [0.15, 0.2) is 0 Å². The summed E-state index contributed by atoms with van der Waals surface area (Å²) in [6, 6.07) is 0. The molecular formula is C49H94O6. The highest BCUT2D eigenvalue weighted by Gasteiger charge is 2.19.